The van der Waals surface area contributed by atoms with Crippen LogP contribution >= 0.6 is 0 Å². The molecule has 0 aliphatic heterocycles. The zero-order chi connectivity index (χ0) is 14.0. The van der Waals surface area contributed by atoms with Gasteiger partial charge < -0.3 is 10.6 Å². The summed E-state index contributed by atoms with van der Waals surface area (Å²) in [5, 5.41) is 14.0. The Morgan fingerprint density at radius 2 is 2.21 bits per heavy atom. The third-order valence-electron chi connectivity index (χ3n) is 3.01. The van der Waals surface area contributed by atoms with Crippen LogP contribution in [0.5, 0.6) is 0 Å². The predicted octanol–water partition coefficient (Wildman–Crippen LogP) is 1.51. The van der Waals surface area contributed by atoms with Gasteiger partial charge in [-0.2, -0.15) is 5.10 Å². The fourth-order valence-corrected chi connectivity index (χ4v) is 2.15. The average Bonchev–Trinajstić information content (AvgIpc) is 2.71. The summed E-state index contributed by atoms with van der Waals surface area (Å²) in [5.74, 6) is 0.752. The number of aromatic amines is 1. The number of nitrogens with zero attached hydrogens (tertiary/aromatic N) is 2. The number of carbonyl (C=O) groups excluding carboxylic acids is 1. The second-order valence-corrected chi connectivity index (χ2v) is 4.80. The summed E-state index contributed by atoms with van der Waals surface area (Å²) in [7, 11) is 1.63. The Morgan fingerprint density at radius 3 is 2.89 bits per heavy atom. The van der Waals surface area contributed by atoms with Crippen LogP contribution in [0.15, 0.2) is 6.07 Å². The molecule has 2 heterocycles. The maximum atomic E-state index is 11.3. The minimum atomic E-state index is 0.00512. The van der Waals surface area contributed by atoms with Gasteiger partial charge in [-0.25, -0.2) is 4.98 Å². The van der Waals surface area contributed by atoms with Gasteiger partial charge in [0.1, 0.15) is 0 Å². The Bertz CT molecular complexity index is 604. The molecule has 6 heteroatoms. The lowest BCUT2D eigenvalue weighted by molar-refractivity contribution is -0.120. The van der Waals surface area contributed by atoms with Crippen molar-refractivity contribution in [3.05, 3.63) is 17.3 Å². The lowest BCUT2D eigenvalue weighted by Crippen LogP contribution is -2.26. The van der Waals surface area contributed by atoms with E-state index in [0.29, 0.717) is 6.42 Å². The number of hydrogen-bond donors (Lipinski definition) is 3. The van der Waals surface area contributed by atoms with Crippen LogP contribution in [-0.2, 0) is 4.79 Å². The molecule has 1 unspecified atom stereocenters. The van der Waals surface area contributed by atoms with E-state index in [1.807, 2.05) is 26.8 Å². The van der Waals surface area contributed by atoms with E-state index in [4.69, 9.17) is 0 Å². The van der Waals surface area contributed by atoms with Crippen molar-refractivity contribution in [2.45, 2.75) is 33.2 Å². The summed E-state index contributed by atoms with van der Waals surface area (Å²) < 4.78 is 0. The van der Waals surface area contributed by atoms with Crippen molar-refractivity contribution >= 4 is 22.8 Å². The highest BCUT2D eigenvalue weighted by Crippen LogP contribution is 2.24. The minimum absolute atomic E-state index is 0.00512. The molecule has 1 amide bonds. The maximum Gasteiger partial charge on any atom is 0.221 e. The zero-order valence-electron chi connectivity index (χ0n) is 11.7. The lowest BCUT2D eigenvalue weighted by atomic mass is 10.1. The van der Waals surface area contributed by atoms with Gasteiger partial charge in [0.25, 0.3) is 0 Å². The standard InChI is InChI=1S/C13H19N5O/c1-7-5-8(2)15-12-11(7)13(18-17-12)16-9(3)6-10(19)14-4/h5,9H,6H2,1-4H3,(H,14,19)(H2,15,16,17,18). The van der Waals surface area contributed by atoms with Crippen LogP contribution in [0.25, 0.3) is 11.0 Å². The fourth-order valence-electron chi connectivity index (χ4n) is 2.15. The molecule has 0 bridgehead atoms. The molecule has 0 fully saturated rings. The number of pyridine rings is 1. The molecule has 3 N–H and O–H groups in total. The van der Waals surface area contributed by atoms with Crippen LogP contribution < -0.4 is 10.6 Å². The van der Waals surface area contributed by atoms with Gasteiger partial charge >= 0.3 is 0 Å². The Balaban J connectivity index is 2.24. The molecule has 0 spiro atoms. The smallest absolute Gasteiger partial charge is 0.221 e. The normalized spacial score (nSPS) is 12.4. The fraction of sp³-hybridized carbons (Fsp3) is 0.462. The van der Waals surface area contributed by atoms with Gasteiger partial charge in [-0.1, -0.05) is 0 Å². The van der Waals surface area contributed by atoms with Crippen LogP contribution in [-0.4, -0.2) is 34.2 Å². The highest BCUT2D eigenvalue weighted by atomic mass is 16.1. The molecule has 2 aromatic rings. The van der Waals surface area contributed by atoms with Gasteiger partial charge in [-0.05, 0) is 32.4 Å². The molecule has 0 radical (unpaired) electrons. The maximum absolute atomic E-state index is 11.3. The number of amides is 1. The van der Waals surface area contributed by atoms with Crippen molar-refractivity contribution in [1.29, 1.82) is 0 Å². The largest absolute Gasteiger partial charge is 0.365 e. The molecule has 2 aromatic heterocycles. The Labute approximate surface area is 112 Å². The first-order valence-electron chi connectivity index (χ1n) is 6.30. The zero-order valence-corrected chi connectivity index (χ0v) is 11.7. The highest BCUT2D eigenvalue weighted by molar-refractivity contribution is 5.90. The molecule has 0 aromatic carbocycles. The van der Waals surface area contributed by atoms with E-state index in [-0.39, 0.29) is 11.9 Å². The van der Waals surface area contributed by atoms with Gasteiger partial charge in [0.2, 0.25) is 5.91 Å². The van der Waals surface area contributed by atoms with Gasteiger partial charge in [-0.15, -0.1) is 0 Å². The number of nitrogens with one attached hydrogen (secondary N) is 3. The van der Waals surface area contributed by atoms with Crippen molar-refractivity contribution in [3.63, 3.8) is 0 Å². The number of H-pyrrole nitrogens is 1. The van der Waals surface area contributed by atoms with E-state index in [1.54, 1.807) is 7.05 Å². The third-order valence-corrected chi connectivity index (χ3v) is 3.01. The second-order valence-electron chi connectivity index (χ2n) is 4.80. The molecule has 2 rings (SSSR count). The summed E-state index contributed by atoms with van der Waals surface area (Å²) in [5.41, 5.74) is 2.84. The van der Waals surface area contributed by atoms with E-state index in [9.17, 15) is 4.79 Å². The first-order chi connectivity index (χ1) is 9.01. The van der Waals surface area contributed by atoms with Crippen LogP contribution in [0.4, 0.5) is 5.82 Å². The monoisotopic (exact) mass is 261 g/mol. The van der Waals surface area contributed by atoms with Crippen LogP contribution in [0, 0.1) is 13.8 Å². The summed E-state index contributed by atoms with van der Waals surface area (Å²) in [6.07, 6.45) is 0.406. The summed E-state index contributed by atoms with van der Waals surface area (Å²) >= 11 is 0. The number of aryl methyl sites for hydroxylation is 2. The van der Waals surface area contributed by atoms with Gasteiger partial charge in [0, 0.05) is 25.2 Å². The SMILES string of the molecule is CNC(=O)CC(C)Nc1n[nH]c2nc(C)cc(C)c12. The molecule has 0 saturated heterocycles. The Kier molecular flexibility index (Phi) is 3.69. The van der Waals surface area contributed by atoms with Crippen molar-refractivity contribution in [3.8, 4) is 0 Å². The van der Waals surface area contributed by atoms with E-state index in [1.165, 1.54) is 0 Å². The number of hydrogen-bond acceptors (Lipinski definition) is 4. The molecule has 19 heavy (non-hydrogen) atoms. The average molecular weight is 261 g/mol. The quantitative estimate of drug-likeness (QED) is 0.779. The number of fused-ring (bicyclic) bond motifs is 1. The van der Waals surface area contributed by atoms with Crippen molar-refractivity contribution in [2.75, 3.05) is 12.4 Å². The molecule has 0 aliphatic carbocycles. The predicted molar refractivity (Wildman–Crippen MR) is 75.1 cm³/mol. The van der Waals surface area contributed by atoms with Crippen molar-refractivity contribution in [2.24, 2.45) is 0 Å². The number of aromatic nitrogens is 3. The van der Waals surface area contributed by atoms with Crippen LogP contribution in [0.1, 0.15) is 24.6 Å². The third kappa shape index (κ3) is 2.83. The van der Waals surface area contributed by atoms with E-state index in [0.717, 1.165) is 28.1 Å². The van der Waals surface area contributed by atoms with Crippen LogP contribution in [0.3, 0.4) is 0 Å². The number of rotatable bonds is 4. The Morgan fingerprint density at radius 1 is 1.47 bits per heavy atom. The molecule has 102 valence electrons. The van der Waals surface area contributed by atoms with Gasteiger partial charge in [-0.3, -0.25) is 9.89 Å². The minimum Gasteiger partial charge on any atom is -0.365 e. The van der Waals surface area contributed by atoms with Gasteiger partial charge in [0.15, 0.2) is 11.5 Å². The Hall–Kier alpha value is -2.11. The molecular weight excluding hydrogens is 242 g/mol. The lowest BCUT2D eigenvalue weighted by Gasteiger charge is -2.12. The molecule has 1 atom stereocenters. The van der Waals surface area contributed by atoms with Gasteiger partial charge in [0.05, 0.1) is 5.39 Å². The van der Waals surface area contributed by atoms with Crippen LogP contribution in [0.2, 0.25) is 0 Å². The molecule has 0 aliphatic rings. The molecule has 6 nitrogen and oxygen atoms in total. The summed E-state index contributed by atoms with van der Waals surface area (Å²) in [6.45, 7) is 5.93. The molecule has 0 saturated carbocycles. The summed E-state index contributed by atoms with van der Waals surface area (Å²) in [6, 6.07) is 2.03. The first kappa shape index (κ1) is 13.3. The van der Waals surface area contributed by atoms with E-state index < -0.39 is 0 Å². The van der Waals surface area contributed by atoms with E-state index in [2.05, 4.69) is 25.8 Å². The van der Waals surface area contributed by atoms with E-state index >= 15 is 0 Å². The second kappa shape index (κ2) is 5.26. The first-order valence-corrected chi connectivity index (χ1v) is 6.30. The van der Waals surface area contributed by atoms with Crippen molar-refractivity contribution < 1.29 is 4.79 Å². The number of anilines is 1. The summed E-state index contributed by atoms with van der Waals surface area (Å²) in [4.78, 5) is 15.7. The number of carbonyl (C=O) groups is 1. The van der Waals surface area contributed by atoms with Crippen molar-refractivity contribution in [1.82, 2.24) is 20.5 Å². The highest BCUT2D eigenvalue weighted by Gasteiger charge is 2.14. The topological polar surface area (TPSA) is 82.7 Å². The molecular formula is C13H19N5O.